The number of carbonyl (C=O) groups excluding carboxylic acids is 1. The van der Waals surface area contributed by atoms with Crippen LogP contribution in [0.5, 0.6) is 11.5 Å². The molecule has 1 aromatic rings. The Morgan fingerprint density at radius 3 is 3.04 bits per heavy atom. The summed E-state index contributed by atoms with van der Waals surface area (Å²) >= 11 is 0. The van der Waals surface area contributed by atoms with Crippen molar-refractivity contribution in [2.24, 2.45) is 11.8 Å². The number of carbonyl (C=O) groups is 1. The molecular formula is C19H27NO3. The average molecular weight is 332 g/mol. The minimum Gasteiger partial charge on any atom is -0.493 e. The molecule has 2 aliphatic rings. The molecule has 0 aromatic heterocycles. The van der Waals surface area contributed by atoms with Crippen LogP contribution in [0.4, 0.5) is 0 Å². The summed E-state index contributed by atoms with van der Waals surface area (Å²) in [5.41, 5.74) is 0.951. The van der Waals surface area contributed by atoms with Gasteiger partial charge in [-0.05, 0) is 41.9 Å². The molecule has 0 N–H and O–H groups in total. The van der Waals surface area contributed by atoms with E-state index in [4.69, 9.17) is 28.7 Å². The summed E-state index contributed by atoms with van der Waals surface area (Å²) in [5.74, 6) is -7.38. The van der Waals surface area contributed by atoms with E-state index in [1.54, 1.807) is 0 Å². The summed E-state index contributed by atoms with van der Waals surface area (Å²) in [6, 6.07) is 1.82. The lowest BCUT2D eigenvalue weighted by Crippen LogP contribution is -2.46. The molecule has 2 heterocycles. The fourth-order valence-electron chi connectivity index (χ4n) is 3.13. The van der Waals surface area contributed by atoms with Gasteiger partial charge in [-0.15, -0.1) is 0 Å². The number of piperidine rings is 1. The molecule has 0 saturated carbocycles. The quantitative estimate of drug-likeness (QED) is 0.849. The van der Waals surface area contributed by atoms with Gasteiger partial charge >= 0.3 is 0 Å². The topological polar surface area (TPSA) is 38.8 Å². The lowest BCUT2D eigenvalue weighted by Gasteiger charge is -2.43. The van der Waals surface area contributed by atoms with Crippen LogP contribution in [-0.4, -0.2) is 37.9 Å². The Morgan fingerprint density at radius 2 is 2.30 bits per heavy atom. The van der Waals surface area contributed by atoms with E-state index < -0.39 is 63.7 Å². The van der Waals surface area contributed by atoms with Crippen molar-refractivity contribution in [3.05, 3.63) is 23.3 Å². The molecule has 1 fully saturated rings. The van der Waals surface area contributed by atoms with Crippen molar-refractivity contribution in [1.82, 2.24) is 4.90 Å². The SMILES string of the molecule is [2H]C([2H])([2H])Oc1cc2c(cc1OC)CCN1C2CC(=O)C(C([2H])([2H])C([2H])(C([2H])([2H])[2H])C([2H])([2H])[2H])C1([2H])[2H]. The van der Waals surface area contributed by atoms with Gasteiger partial charge in [0, 0.05) is 46.5 Å². The smallest absolute Gasteiger partial charge is 0.161 e. The number of nitrogens with zero attached hydrogens (tertiary/aromatic N) is 1. The lowest BCUT2D eigenvalue weighted by atomic mass is 9.80. The first-order valence-corrected chi connectivity index (χ1v) is 7.20. The van der Waals surface area contributed by atoms with Crippen LogP contribution in [0.2, 0.25) is 0 Å². The molecule has 2 unspecified atom stereocenters. The summed E-state index contributed by atoms with van der Waals surface area (Å²) in [4.78, 5) is 14.5. The minimum atomic E-state index is -3.81. The van der Waals surface area contributed by atoms with Crippen molar-refractivity contribution in [2.75, 3.05) is 27.2 Å². The molecule has 1 saturated heterocycles. The van der Waals surface area contributed by atoms with Crippen molar-refractivity contribution in [2.45, 2.75) is 39.0 Å². The standard InChI is InChI=1S/C19H27NO3/c1-12(2)7-14-11-20-6-5-13-8-18(22-3)19(23-4)9-15(13)16(20)10-17(14)21/h8-9,12,14,16H,5-7,10-11H2,1-4H3/i1D3,2D3,4D3,7D2,11D2,12D. The van der Waals surface area contributed by atoms with Crippen molar-refractivity contribution in [1.29, 1.82) is 0 Å². The van der Waals surface area contributed by atoms with Gasteiger partial charge in [-0.2, -0.15) is 0 Å². The molecule has 0 amide bonds. The van der Waals surface area contributed by atoms with Crippen LogP contribution in [0.25, 0.3) is 0 Å². The van der Waals surface area contributed by atoms with Crippen LogP contribution >= 0.6 is 0 Å². The monoisotopic (exact) mass is 331 g/mol. The third-order valence-corrected chi connectivity index (χ3v) is 4.19. The lowest BCUT2D eigenvalue weighted by molar-refractivity contribution is -0.129. The number of ether oxygens (including phenoxy) is 2. The predicted octanol–water partition coefficient (Wildman–Crippen LogP) is 3.24. The summed E-state index contributed by atoms with van der Waals surface area (Å²) in [6.07, 6.45) is -4.00. The van der Waals surface area contributed by atoms with Crippen molar-refractivity contribution >= 4 is 5.78 Å². The maximum absolute atomic E-state index is 13.4. The van der Waals surface area contributed by atoms with E-state index in [0.717, 1.165) is 4.90 Å². The zero-order valence-electron chi connectivity index (χ0n) is 26.6. The number of benzene rings is 1. The van der Waals surface area contributed by atoms with Crippen LogP contribution < -0.4 is 9.47 Å². The van der Waals surface area contributed by atoms with E-state index in [1.165, 1.54) is 19.2 Å². The molecule has 0 bridgehead atoms. The van der Waals surface area contributed by atoms with Gasteiger partial charge in [0.05, 0.1) is 18.3 Å². The van der Waals surface area contributed by atoms with Crippen LogP contribution in [-0.2, 0) is 11.2 Å². The minimum absolute atomic E-state index is 0.0559. The largest absolute Gasteiger partial charge is 0.493 e. The zero-order chi connectivity index (χ0) is 28.6. The Balaban J connectivity index is 2.13. The summed E-state index contributed by atoms with van der Waals surface area (Å²) < 4.78 is 121. The highest BCUT2D eigenvalue weighted by molar-refractivity contribution is 5.83. The van der Waals surface area contributed by atoms with Gasteiger partial charge in [0.25, 0.3) is 0 Å². The van der Waals surface area contributed by atoms with Gasteiger partial charge in [0.15, 0.2) is 11.5 Å². The number of fused-ring (bicyclic) bond motifs is 3. The second-order valence-corrected chi connectivity index (χ2v) is 5.52. The van der Waals surface area contributed by atoms with E-state index in [2.05, 4.69) is 0 Å². The Labute approximate surface area is 158 Å². The second kappa shape index (κ2) is 6.52. The van der Waals surface area contributed by atoms with Gasteiger partial charge in [-0.25, -0.2) is 0 Å². The van der Waals surface area contributed by atoms with E-state index >= 15 is 0 Å². The molecule has 0 radical (unpaired) electrons. The molecule has 23 heavy (non-hydrogen) atoms. The first kappa shape index (κ1) is 6.40. The van der Waals surface area contributed by atoms with E-state index in [9.17, 15) is 4.79 Å². The van der Waals surface area contributed by atoms with Gasteiger partial charge < -0.3 is 9.47 Å². The van der Waals surface area contributed by atoms with Gasteiger partial charge in [-0.3, -0.25) is 9.69 Å². The Morgan fingerprint density at radius 1 is 1.48 bits per heavy atom. The summed E-state index contributed by atoms with van der Waals surface area (Å²) in [7, 11) is -1.53. The maximum Gasteiger partial charge on any atom is 0.161 e. The van der Waals surface area contributed by atoms with Crippen molar-refractivity contribution in [3.8, 4) is 11.5 Å². The van der Waals surface area contributed by atoms with E-state index in [0.29, 0.717) is 11.1 Å². The van der Waals surface area contributed by atoms with Crippen LogP contribution in [0.1, 0.15) is 62.9 Å². The van der Waals surface area contributed by atoms with Crippen LogP contribution in [0.15, 0.2) is 12.1 Å². The second-order valence-electron chi connectivity index (χ2n) is 5.52. The average Bonchev–Trinajstić information content (AvgIpc) is 2.69. The highest BCUT2D eigenvalue weighted by atomic mass is 16.5. The highest BCUT2D eigenvalue weighted by Crippen LogP contribution is 2.42. The highest BCUT2D eigenvalue weighted by Gasteiger charge is 2.38. The molecule has 4 nitrogen and oxygen atoms in total. The van der Waals surface area contributed by atoms with Crippen LogP contribution in [0.3, 0.4) is 0 Å². The predicted molar refractivity (Wildman–Crippen MR) is 90.1 cm³/mol. The van der Waals surface area contributed by atoms with Gasteiger partial charge in [0.1, 0.15) is 5.78 Å². The fraction of sp³-hybridized carbons (Fsp3) is 0.632. The molecule has 0 aliphatic carbocycles. The first-order valence-electron chi connectivity index (χ1n) is 14.2. The molecule has 126 valence electrons. The molecule has 3 rings (SSSR count). The molecule has 0 spiro atoms. The molecule has 1 aromatic carbocycles. The van der Waals surface area contributed by atoms with Crippen molar-refractivity contribution < 1.29 is 33.5 Å². The van der Waals surface area contributed by atoms with Crippen molar-refractivity contribution in [3.63, 3.8) is 0 Å². The van der Waals surface area contributed by atoms with Crippen LogP contribution in [0, 0.1) is 11.8 Å². The Hall–Kier alpha value is -1.55. The number of hydrogen-bond donors (Lipinski definition) is 0. The first-order chi connectivity index (χ1) is 16.5. The normalized spacial score (nSPS) is 38.2. The van der Waals surface area contributed by atoms with Gasteiger partial charge in [0.2, 0.25) is 0 Å². The Bertz CT molecular complexity index is 1050. The number of rotatable bonds is 4. The summed E-state index contributed by atoms with van der Waals surface area (Å²) in [5, 5.41) is 0. The Kier molecular flexibility index (Phi) is 1.81. The molecule has 2 atom stereocenters. The maximum atomic E-state index is 13.4. The summed E-state index contributed by atoms with van der Waals surface area (Å²) in [6.45, 7) is -10.4. The zero-order valence-corrected chi connectivity index (χ0v) is 12.6. The fourth-order valence-corrected chi connectivity index (χ4v) is 3.13. The molecular weight excluding hydrogens is 290 g/mol. The molecule has 4 heteroatoms. The third-order valence-electron chi connectivity index (χ3n) is 4.19. The number of Topliss-reactive ketones (excluding diaryl/α,β-unsaturated/α-hetero) is 1. The number of methoxy groups -OCH3 is 2. The van der Waals surface area contributed by atoms with E-state index in [-0.39, 0.29) is 24.5 Å². The number of hydrogen-bond acceptors (Lipinski definition) is 4. The third kappa shape index (κ3) is 3.09. The molecule has 2 aliphatic heterocycles. The number of ketones is 1. The van der Waals surface area contributed by atoms with Gasteiger partial charge in [-0.1, -0.05) is 13.7 Å². The van der Waals surface area contributed by atoms with E-state index in [1.807, 2.05) is 0 Å².